The largest absolute Gasteiger partial charge is 0.465 e. The number of hydrogen-bond acceptors (Lipinski definition) is 3. The van der Waals surface area contributed by atoms with Crippen molar-refractivity contribution in [2.45, 2.75) is 13.8 Å². The molecule has 0 aliphatic carbocycles. The Labute approximate surface area is 97.9 Å². The Hall–Kier alpha value is -1.03. The second-order valence-corrected chi connectivity index (χ2v) is 3.93. The minimum absolute atomic E-state index is 0.200. The van der Waals surface area contributed by atoms with Crippen LogP contribution in [0.3, 0.4) is 0 Å². The van der Waals surface area contributed by atoms with Crippen LogP contribution in [0.2, 0.25) is 0 Å². The second kappa shape index (κ2) is 5.75. The van der Waals surface area contributed by atoms with Gasteiger partial charge in [0.05, 0.1) is 6.61 Å². The summed E-state index contributed by atoms with van der Waals surface area (Å²) in [5, 5.41) is 3.03. The summed E-state index contributed by atoms with van der Waals surface area (Å²) in [7, 11) is 0. The van der Waals surface area contributed by atoms with E-state index in [4.69, 9.17) is 4.74 Å². The Kier molecular flexibility index (Phi) is 4.62. The van der Waals surface area contributed by atoms with Crippen molar-refractivity contribution in [3.05, 3.63) is 28.2 Å². The Balaban J connectivity index is 2.58. The first-order chi connectivity index (χ1) is 7.15. The molecule has 0 spiro atoms. The number of rotatable bonds is 4. The Morgan fingerprint density at radius 2 is 2.27 bits per heavy atom. The fraction of sp³-hybridized carbons (Fsp3) is 0.364. The van der Waals surface area contributed by atoms with E-state index in [1.54, 1.807) is 6.92 Å². The first-order valence-corrected chi connectivity index (χ1v) is 5.59. The van der Waals surface area contributed by atoms with Crippen molar-refractivity contribution >= 4 is 27.6 Å². The fourth-order valence-corrected chi connectivity index (χ4v) is 1.54. The lowest BCUT2D eigenvalue weighted by molar-refractivity contribution is -0.140. The molecule has 0 saturated carbocycles. The Bertz CT molecular complexity index is 352. The first kappa shape index (κ1) is 12.0. The number of benzene rings is 1. The van der Waals surface area contributed by atoms with E-state index in [1.165, 1.54) is 0 Å². The van der Waals surface area contributed by atoms with E-state index in [9.17, 15) is 4.79 Å². The molecule has 3 nitrogen and oxygen atoms in total. The number of nitrogens with one attached hydrogen (secondary N) is 1. The summed E-state index contributed by atoms with van der Waals surface area (Å²) < 4.78 is 5.84. The summed E-state index contributed by atoms with van der Waals surface area (Å²) >= 11 is 3.43. The van der Waals surface area contributed by atoms with E-state index >= 15 is 0 Å². The quantitative estimate of drug-likeness (QED) is 0.856. The highest BCUT2D eigenvalue weighted by Gasteiger charge is 2.04. The van der Waals surface area contributed by atoms with Crippen LogP contribution < -0.4 is 5.32 Å². The molecule has 82 valence electrons. The van der Waals surface area contributed by atoms with Crippen LogP contribution in [-0.2, 0) is 9.53 Å². The molecule has 1 rings (SSSR count). The molecule has 1 N–H and O–H groups in total. The van der Waals surface area contributed by atoms with Gasteiger partial charge in [-0.25, -0.2) is 0 Å². The van der Waals surface area contributed by atoms with Crippen molar-refractivity contribution in [3.8, 4) is 0 Å². The number of esters is 1. The average molecular weight is 272 g/mol. The Morgan fingerprint density at radius 1 is 1.53 bits per heavy atom. The molecule has 0 aliphatic rings. The number of hydrogen-bond donors (Lipinski definition) is 1. The molecule has 0 atom stereocenters. The molecular formula is C11H14BrNO2. The summed E-state index contributed by atoms with van der Waals surface area (Å²) in [6.07, 6.45) is 0. The number of halogens is 1. The molecule has 0 unspecified atom stereocenters. The van der Waals surface area contributed by atoms with Gasteiger partial charge in [-0.15, -0.1) is 0 Å². The van der Waals surface area contributed by atoms with Gasteiger partial charge in [-0.05, 0) is 31.5 Å². The van der Waals surface area contributed by atoms with E-state index in [0.29, 0.717) is 6.61 Å². The van der Waals surface area contributed by atoms with E-state index in [1.807, 2.05) is 25.1 Å². The van der Waals surface area contributed by atoms with Gasteiger partial charge in [0, 0.05) is 10.2 Å². The van der Waals surface area contributed by atoms with E-state index < -0.39 is 0 Å². The topological polar surface area (TPSA) is 38.3 Å². The predicted molar refractivity (Wildman–Crippen MR) is 64.0 cm³/mol. The van der Waals surface area contributed by atoms with Gasteiger partial charge >= 0.3 is 5.97 Å². The van der Waals surface area contributed by atoms with Crippen LogP contribution in [-0.4, -0.2) is 19.1 Å². The van der Waals surface area contributed by atoms with Crippen molar-refractivity contribution in [1.82, 2.24) is 0 Å². The lowest BCUT2D eigenvalue weighted by atomic mass is 10.2. The molecule has 15 heavy (non-hydrogen) atoms. The van der Waals surface area contributed by atoms with Crippen molar-refractivity contribution < 1.29 is 9.53 Å². The van der Waals surface area contributed by atoms with Crippen molar-refractivity contribution in [1.29, 1.82) is 0 Å². The maximum atomic E-state index is 11.1. The van der Waals surface area contributed by atoms with Crippen molar-refractivity contribution in [3.63, 3.8) is 0 Å². The number of carbonyl (C=O) groups excluding carboxylic acids is 1. The van der Waals surface area contributed by atoms with Crippen LogP contribution in [0.1, 0.15) is 12.5 Å². The van der Waals surface area contributed by atoms with Crippen LogP contribution in [0, 0.1) is 6.92 Å². The maximum absolute atomic E-state index is 11.1. The average Bonchev–Trinajstić information content (AvgIpc) is 2.21. The molecule has 0 radical (unpaired) electrons. The predicted octanol–water partition coefficient (Wildman–Crippen LogP) is 2.73. The van der Waals surface area contributed by atoms with Crippen LogP contribution in [0.15, 0.2) is 22.7 Å². The van der Waals surface area contributed by atoms with Gasteiger partial charge in [-0.1, -0.05) is 22.0 Å². The zero-order valence-corrected chi connectivity index (χ0v) is 10.4. The van der Waals surface area contributed by atoms with Gasteiger partial charge in [0.2, 0.25) is 0 Å². The summed E-state index contributed by atoms with van der Waals surface area (Å²) in [5.74, 6) is -0.239. The monoisotopic (exact) mass is 271 g/mol. The summed E-state index contributed by atoms with van der Waals surface area (Å²) in [5.41, 5.74) is 2.03. The van der Waals surface area contributed by atoms with Gasteiger partial charge < -0.3 is 10.1 Å². The number of ether oxygens (including phenoxy) is 1. The summed E-state index contributed by atoms with van der Waals surface area (Å²) in [6.45, 7) is 4.39. The first-order valence-electron chi connectivity index (χ1n) is 4.79. The van der Waals surface area contributed by atoms with Crippen molar-refractivity contribution in [2.24, 2.45) is 0 Å². The molecule has 0 bridgehead atoms. The molecule has 4 heteroatoms. The number of anilines is 1. The summed E-state index contributed by atoms with van der Waals surface area (Å²) in [6, 6.07) is 5.81. The van der Waals surface area contributed by atoms with Crippen LogP contribution in [0.4, 0.5) is 5.69 Å². The van der Waals surface area contributed by atoms with Crippen LogP contribution in [0.25, 0.3) is 0 Å². The molecule has 0 fully saturated rings. The lowest BCUT2D eigenvalue weighted by Gasteiger charge is -2.09. The third-order valence-electron chi connectivity index (χ3n) is 2.00. The minimum Gasteiger partial charge on any atom is -0.465 e. The highest BCUT2D eigenvalue weighted by Crippen LogP contribution is 2.23. The van der Waals surface area contributed by atoms with Crippen LogP contribution >= 0.6 is 15.9 Å². The van der Waals surface area contributed by atoms with E-state index in [0.717, 1.165) is 15.7 Å². The molecule has 1 aromatic carbocycles. The van der Waals surface area contributed by atoms with Crippen LogP contribution in [0.5, 0.6) is 0 Å². The van der Waals surface area contributed by atoms with Gasteiger partial charge in [-0.2, -0.15) is 0 Å². The van der Waals surface area contributed by atoms with Gasteiger partial charge in [0.15, 0.2) is 0 Å². The van der Waals surface area contributed by atoms with Gasteiger partial charge in [0.1, 0.15) is 6.54 Å². The SMILES string of the molecule is CCOC(=O)CNc1cccc(Br)c1C. The Morgan fingerprint density at radius 3 is 2.93 bits per heavy atom. The molecule has 0 saturated heterocycles. The molecule has 1 aromatic rings. The molecular weight excluding hydrogens is 258 g/mol. The minimum atomic E-state index is -0.239. The standard InChI is InChI=1S/C11H14BrNO2/c1-3-15-11(14)7-13-10-6-4-5-9(12)8(10)2/h4-6,13H,3,7H2,1-2H3. The number of carbonyl (C=O) groups is 1. The van der Waals surface area contributed by atoms with Gasteiger partial charge in [0.25, 0.3) is 0 Å². The molecule has 0 heterocycles. The molecule has 0 aliphatic heterocycles. The lowest BCUT2D eigenvalue weighted by Crippen LogP contribution is -2.17. The third kappa shape index (κ3) is 3.55. The maximum Gasteiger partial charge on any atom is 0.325 e. The molecule has 0 aromatic heterocycles. The molecule has 0 amide bonds. The smallest absolute Gasteiger partial charge is 0.325 e. The highest BCUT2D eigenvalue weighted by atomic mass is 79.9. The third-order valence-corrected chi connectivity index (χ3v) is 2.86. The van der Waals surface area contributed by atoms with E-state index in [-0.39, 0.29) is 12.5 Å². The van der Waals surface area contributed by atoms with Crippen molar-refractivity contribution in [2.75, 3.05) is 18.5 Å². The second-order valence-electron chi connectivity index (χ2n) is 3.07. The normalized spacial score (nSPS) is 9.80. The zero-order valence-electron chi connectivity index (χ0n) is 8.84. The summed E-state index contributed by atoms with van der Waals surface area (Å²) in [4.78, 5) is 11.1. The fourth-order valence-electron chi connectivity index (χ4n) is 1.18. The highest BCUT2D eigenvalue weighted by molar-refractivity contribution is 9.10. The van der Waals surface area contributed by atoms with Gasteiger partial charge in [-0.3, -0.25) is 4.79 Å². The zero-order chi connectivity index (χ0) is 11.3. The van der Waals surface area contributed by atoms with E-state index in [2.05, 4.69) is 21.2 Å².